The SMILES string of the molecule is CC[C@H]1CCC(C)(C)C[C@H]1C. The number of hydrogen-bond donors (Lipinski definition) is 0. The Balaban J connectivity index is 2.48. The van der Waals surface area contributed by atoms with Crippen LogP contribution in [0.4, 0.5) is 0 Å². The first-order valence-corrected chi connectivity index (χ1v) is 5.05. The molecule has 0 bridgehead atoms. The fourth-order valence-electron chi connectivity index (χ4n) is 2.61. The Morgan fingerprint density at radius 3 is 2.45 bits per heavy atom. The van der Waals surface area contributed by atoms with E-state index < -0.39 is 0 Å². The van der Waals surface area contributed by atoms with E-state index in [9.17, 15) is 0 Å². The Bertz CT molecular complexity index is 124. The maximum Gasteiger partial charge on any atom is -0.0351 e. The number of rotatable bonds is 1. The van der Waals surface area contributed by atoms with Crippen LogP contribution in [0, 0.1) is 17.3 Å². The lowest BCUT2D eigenvalue weighted by Crippen LogP contribution is -2.27. The fraction of sp³-hybridized carbons (Fsp3) is 1.00. The van der Waals surface area contributed by atoms with Crippen LogP contribution in [0.1, 0.15) is 53.4 Å². The molecule has 0 N–H and O–H groups in total. The Labute approximate surface area is 71.4 Å². The van der Waals surface area contributed by atoms with Crippen LogP contribution in [0.2, 0.25) is 0 Å². The highest BCUT2D eigenvalue weighted by molar-refractivity contribution is 4.82. The fourth-order valence-corrected chi connectivity index (χ4v) is 2.61. The third kappa shape index (κ3) is 2.21. The van der Waals surface area contributed by atoms with Crippen LogP contribution in [-0.2, 0) is 0 Å². The van der Waals surface area contributed by atoms with E-state index in [4.69, 9.17) is 0 Å². The van der Waals surface area contributed by atoms with Gasteiger partial charge in [0.15, 0.2) is 0 Å². The first-order valence-electron chi connectivity index (χ1n) is 5.05. The van der Waals surface area contributed by atoms with Crippen LogP contribution in [0.3, 0.4) is 0 Å². The molecule has 0 heterocycles. The van der Waals surface area contributed by atoms with E-state index >= 15 is 0 Å². The van der Waals surface area contributed by atoms with Gasteiger partial charge in [0.1, 0.15) is 0 Å². The highest BCUT2D eigenvalue weighted by atomic mass is 14.4. The molecule has 0 aromatic rings. The highest BCUT2D eigenvalue weighted by Gasteiger charge is 2.30. The molecule has 0 unspecified atom stereocenters. The molecule has 0 spiro atoms. The van der Waals surface area contributed by atoms with Crippen molar-refractivity contribution in [3.63, 3.8) is 0 Å². The molecule has 0 saturated heterocycles. The third-order valence-corrected chi connectivity index (χ3v) is 3.40. The predicted octanol–water partition coefficient (Wildman–Crippen LogP) is 3.86. The summed E-state index contributed by atoms with van der Waals surface area (Å²) in [6.45, 7) is 9.58. The van der Waals surface area contributed by atoms with Gasteiger partial charge in [-0.1, -0.05) is 34.1 Å². The summed E-state index contributed by atoms with van der Waals surface area (Å²) in [4.78, 5) is 0. The maximum absolute atomic E-state index is 2.43. The molecule has 1 aliphatic rings. The Morgan fingerprint density at radius 2 is 2.00 bits per heavy atom. The molecule has 11 heavy (non-hydrogen) atoms. The van der Waals surface area contributed by atoms with Gasteiger partial charge in [-0.05, 0) is 36.5 Å². The first-order chi connectivity index (χ1) is 5.05. The lowest BCUT2D eigenvalue weighted by Gasteiger charge is -2.38. The van der Waals surface area contributed by atoms with Crippen molar-refractivity contribution in [2.75, 3.05) is 0 Å². The van der Waals surface area contributed by atoms with E-state index in [0.29, 0.717) is 5.41 Å². The van der Waals surface area contributed by atoms with E-state index in [2.05, 4.69) is 27.7 Å². The molecule has 1 saturated carbocycles. The topological polar surface area (TPSA) is 0 Å². The monoisotopic (exact) mass is 154 g/mol. The van der Waals surface area contributed by atoms with E-state index in [1.54, 1.807) is 0 Å². The Hall–Kier alpha value is 0. The van der Waals surface area contributed by atoms with Crippen molar-refractivity contribution in [1.82, 2.24) is 0 Å². The summed E-state index contributed by atoms with van der Waals surface area (Å²) in [7, 11) is 0. The summed E-state index contributed by atoms with van der Waals surface area (Å²) in [6.07, 6.45) is 5.73. The molecule has 66 valence electrons. The molecule has 1 fully saturated rings. The first kappa shape index (κ1) is 9.09. The van der Waals surface area contributed by atoms with Crippen LogP contribution in [0.5, 0.6) is 0 Å². The molecule has 1 rings (SSSR count). The van der Waals surface area contributed by atoms with Gasteiger partial charge in [-0.15, -0.1) is 0 Å². The van der Waals surface area contributed by atoms with Gasteiger partial charge in [-0.25, -0.2) is 0 Å². The molecule has 0 aromatic heterocycles. The summed E-state index contributed by atoms with van der Waals surface area (Å²) in [6, 6.07) is 0. The van der Waals surface area contributed by atoms with Gasteiger partial charge in [0.05, 0.1) is 0 Å². The minimum Gasteiger partial charge on any atom is -0.0651 e. The van der Waals surface area contributed by atoms with Gasteiger partial charge in [0.2, 0.25) is 0 Å². The molecule has 2 atom stereocenters. The van der Waals surface area contributed by atoms with Crippen molar-refractivity contribution < 1.29 is 0 Å². The van der Waals surface area contributed by atoms with Crippen LogP contribution in [0.15, 0.2) is 0 Å². The van der Waals surface area contributed by atoms with Gasteiger partial charge in [-0.3, -0.25) is 0 Å². The largest absolute Gasteiger partial charge is 0.0651 e. The van der Waals surface area contributed by atoms with Crippen molar-refractivity contribution in [2.24, 2.45) is 17.3 Å². The second kappa shape index (κ2) is 3.16. The van der Waals surface area contributed by atoms with Crippen molar-refractivity contribution in [3.05, 3.63) is 0 Å². The Morgan fingerprint density at radius 1 is 1.36 bits per heavy atom. The Kier molecular flexibility index (Phi) is 2.61. The molecule has 0 aliphatic heterocycles. The highest BCUT2D eigenvalue weighted by Crippen LogP contribution is 2.42. The van der Waals surface area contributed by atoms with E-state index in [-0.39, 0.29) is 0 Å². The predicted molar refractivity (Wildman–Crippen MR) is 50.6 cm³/mol. The molecule has 0 aromatic carbocycles. The van der Waals surface area contributed by atoms with Gasteiger partial charge < -0.3 is 0 Å². The smallest absolute Gasteiger partial charge is 0.0351 e. The zero-order valence-corrected chi connectivity index (χ0v) is 8.48. The lowest BCUT2D eigenvalue weighted by molar-refractivity contribution is 0.126. The average molecular weight is 154 g/mol. The average Bonchev–Trinajstić information content (AvgIpc) is 1.86. The minimum atomic E-state index is 0.630. The summed E-state index contributed by atoms with van der Waals surface area (Å²) >= 11 is 0. The molecule has 1 aliphatic carbocycles. The molecule has 0 radical (unpaired) electrons. The van der Waals surface area contributed by atoms with Crippen molar-refractivity contribution in [2.45, 2.75) is 53.4 Å². The second-order valence-electron chi connectivity index (χ2n) is 5.05. The lowest BCUT2D eigenvalue weighted by atomic mass is 9.67. The van der Waals surface area contributed by atoms with Gasteiger partial charge >= 0.3 is 0 Å². The van der Waals surface area contributed by atoms with E-state index in [0.717, 1.165) is 11.8 Å². The van der Waals surface area contributed by atoms with E-state index in [1.165, 1.54) is 25.7 Å². The van der Waals surface area contributed by atoms with E-state index in [1.807, 2.05) is 0 Å². The minimum absolute atomic E-state index is 0.630. The standard InChI is InChI=1S/C11H22/c1-5-10-6-7-11(3,4)8-9(10)2/h9-10H,5-8H2,1-4H3/t9-,10+/m1/s1. The summed E-state index contributed by atoms with van der Waals surface area (Å²) < 4.78 is 0. The summed E-state index contributed by atoms with van der Waals surface area (Å²) in [5.41, 5.74) is 0.630. The zero-order valence-electron chi connectivity index (χ0n) is 8.48. The molecule has 0 amide bonds. The van der Waals surface area contributed by atoms with Crippen LogP contribution < -0.4 is 0 Å². The molecular weight excluding hydrogens is 132 g/mol. The van der Waals surface area contributed by atoms with Crippen molar-refractivity contribution >= 4 is 0 Å². The van der Waals surface area contributed by atoms with Crippen LogP contribution in [0.25, 0.3) is 0 Å². The summed E-state index contributed by atoms with van der Waals surface area (Å²) in [5, 5.41) is 0. The molecule has 0 heteroatoms. The van der Waals surface area contributed by atoms with Crippen molar-refractivity contribution in [3.8, 4) is 0 Å². The van der Waals surface area contributed by atoms with Crippen LogP contribution in [-0.4, -0.2) is 0 Å². The van der Waals surface area contributed by atoms with Crippen molar-refractivity contribution in [1.29, 1.82) is 0 Å². The van der Waals surface area contributed by atoms with Crippen LogP contribution >= 0.6 is 0 Å². The van der Waals surface area contributed by atoms with Gasteiger partial charge in [0, 0.05) is 0 Å². The second-order valence-corrected chi connectivity index (χ2v) is 5.05. The normalized spacial score (nSPS) is 37.1. The number of hydrogen-bond acceptors (Lipinski definition) is 0. The third-order valence-electron chi connectivity index (χ3n) is 3.40. The quantitative estimate of drug-likeness (QED) is 0.538. The molecular formula is C11H22. The maximum atomic E-state index is 2.43. The zero-order chi connectivity index (χ0) is 8.48. The van der Waals surface area contributed by atoms with Gasteiger partial charge in [0.25, 0.3) is 0 Å². The summed E-state index contributed by atoms with van der Waals surface area (Å²) in [5.74, 6) is 1.98. The van der Waals surface area contributed by atoms with Gasteiger partial charge in [-0.2, -0.15) is 0 Å². The molecule has 0 nitrogen and oxygen atoms in total.